The first-order valence-electron chi connectivity index (χ1n) is 4.84. The molecule has 0 amide bonds. The molecule has 0 saturated carbocycles. The summed E-state index contributed by atoms with van der Waals surface area (Å²) in [6.45, 7) is 2.97. The number of nitrogens with zero attached hydrogens (tertiary/aromatic N) is 3. The number of rotatable bonds is 4. The van der Waals surface area contributed by atoms with Crippen LogP contribution in [0.4, 0.5) is 5.82 Å². The molecule has 7 heteroatoms. The summed E-state index contributed by atoms with van der Waals surface area (Å²) in [5.74, 6) is 0.727. The number of hydrogen-bond acceptors (Lipinski definition) is 5. The summed E-state index contributed by atoms with van der Waals surface area (Å²) in [5, 5.41) is 11.5. The second-order valence-corrected chi connectivity index (χ2v) is 5.01. The quantitative estimate of drug-likeness (QED) is 0.822. The molecule has 86 valence electrons. The predicted molar refractivity (Wildman–Crippen MR) is 68.2 cm³/mol. The van der Waals surface area contributed by atoms with Crippen LogP contribution >= 0.6 is 23.4 Å². The zero-order chi connectivity index (χ0) is 11.5. The van der Waals surface area contributed by atoms with E-state index < -0.39 is 0 Å². The molecule has 0 aliphatic carbocycles. The summed E-state index contributed by atoms with van der Waals surface area (Å²) >= 11 is 7.61. The number of anilines is 1. The molecule has 1 atom stereocenters. The average Bonchev–Trinajstić information content (AvgIpc) is 2.73. The van der Waals surface area contributed by atoms with E-state index in [-0.39, 0.29) is 5.28 Å². The van der Waals surface area contributed by atoms with Gasteiger partial charge in [0.2, 0.25) is 5.28 Å². The molecule has 0 saturated heterocycles. The van der Waals surface area contributed by atoms with Gasteiger partial charge in [0.15, 0.2) is 5.65 Å². The molecule has 0 spiro atoms. The summed E-state index contributed by atoms with van der Waals surface area (Å²) in [6, 6.07) is 0. The Morgan fingerprint density at radius 1 is 1.56 bits per heavy atom. The third-order valence-corrected chi connectivity index (χ3v) is 3.38. The highest BCUT2D eigenvalue weighted by Gasteiger charge is 2.08. The van der Waals surface area contributed by atoms with Crippen molar-refractivity contribution in [1.82, 2.24) is 20.2 Å². The molecule has 0 aliphatic rings. The van der Waals surface area contributed by atoms with E-state index in [1.807, 2.05) is 0 Å². The fourth-order valence-corrected chi connectivity index (χ4v) is 1.69. The number of fused-ring (bicyclic) bond motifs is 1. The fraction of sp³-hybridized carbons (Fsp3) is 0.444. The SMILES string of the molecule is CSC(C)CNc1nc(Cl)nc2[nH]ncc12. The lowest BCUT2D eigenvalue weighted by Gasteiger charge is -2.10. The number of halogens is 1. The minimum absolute atomic E-state index is 0.219. The van der Waals surface area contributed by atoms with Crippen LogP contribution in [0.3, 0.4) is 0 Å². The van der Waals surface area contributed by atoms with Crippen LogP contribution in [-0.2, 0) is 0 Å². The molecular formula is C9H12ClN5S. The van der Waals surface area contributed by atoms with Gasteiger partial charge in [-0.15, -0.1) is 0 Å². The van der Waals surface area contributed by atoms with Gasteiger partial charge in [-0.2, -0.15) is 26.8 Å². The second kappa shape index (κ2) is 4.88. The average molecular weight is 258 g/mol. The molecule has 2 aromatic rings. The van der Waals surface area contributed by atoms with Gasteiger partial charge >= 0.3 is 0 Å². The molecule has 0 bridgehead atoms. The first-order chi connectivity index (χ1) is 7.70. The minimum Gasteiger partial charge on any atom is -0.368 e. The van der Waals surface area contributed by atoms with E-state index >= 15 is 0 Å². The van der Waals surface area contributed by atoms with E-state index in [9.17, 15) is 0 Å². The Morgan fingerprint density at radius 3 is 3.12 bits per heavy atom. The lowest BCUT2D eigenvalue weighted by molar-refractivity contribution is 0.991. The Kier molecular flexibility index (Phi) is 3.50. The van der Waals surface area contributed by atoms with Crippen molar-refractivity contribution in [2.24, 2.45) is 0 Å². The van der Waals surface area contributed by atoms with Crippen LogP contribution in [0.15, 0.2) is 6.20 Å². The fourth-order valence-electron chi connectivity index (χ4n) is 1.27. The van der Waals surface area contributed by atoms with Gasteiger partial charge in [0, 0.05) is 11.8 Å². The van der Waals surface area contributed by atoms with Gasteiger partial charge in [0.1, 0.15) is 5.82 Å². The summed E-state index contributed by atoms with van der Waals surface area (Å²) in [7, 11) is 0. The van der Waals surface area contributed by atoms with Crippen LogP contribution < -0.4 is 5.32 Å². The molecule has 0 aliphatic heterocycles. The van der Waals surface area contributed by atoms with Crippen LogP contribution in [0, 0.1) is 0 Å². The zero-order valence-electron chi connectivity index (χ0n) is 8.99. The highest BCUT2D eigenvalue weighted by atomic mass is 35.5. The van der Waals surface area contributed by atoms with Crippen molar-refractivity contribution in [3.63, 3.8) is 0 Å². The molecule has 5 nitrogen and oxygen atoms in total. The normalized spacial score (nSPS) is 12.9. The number of aromatic nitrogens is 4. The van der Waals surface area contributed by atoms with Crippen LogP contribution in [0.1, 0.15) is 6.92 Å². The third-order valence-electron chi connectivity index (χ3n) is 2.24. The van der Waals surface area contributed by atoms with Crippen molar-refractivity contribution in [3.8, 4) is 0 Å². The molecular weight excluding hydrogens is 246 g/mol. The number of hydrogen-bond donors (Lipinski definition) is 2. The first kappa shape index (κ1) is 11.5. The van der Waals surface area contributed by atoms with E-state index in [0.717, 1.165) is 17.7 Å². The van der Waals surface area contributed by atoms with Gasteiger partial charge in [0.25, 0.3) is 0 Å². The summed E-state index contributed by atoms with van der Waals surface area (Å²) < 4.78 is 0. The van der Waals surface area contributed by atoms with E-state index in [1.54, 1.807) is 18.0 Å². The topological polar surface area (TPSA) is 66.5 Å². The van der Waals surface area contributed by atoms with Gasteiger partial charge in [-0.05, 0) is 17.9 Å². The minimum atomic E-state index is 0.219. The van der Waals surface area contributed by atoms with E-state index in [0.29, 0.717) is 10.9 Å². The highest BCUT2D eigenvalue weighted by molar-refractivity contribution is 7.99. The van der Waals surface area contributed by atoms with Crippen molar-refractivity contribution in [2.75, 3.05) is 18.1 Å². The van der Waals surface area contributed by atoms with E-state index in [2.05, 4.69) is 38.7 Å². The Labute approximate surface area is 102 Å². The largest absolute Gasteiger partial charge is 0.368 e. The molecule has 1 unspecified atom stereocenters. The van der Waals surface area contributed by atoms with Gasteiger partial charge in [0.05, 0.1) is 11.6 Å². The first-order valence-corrected chi connectivity index (χ1v) is 6.50. The standard InChI is InChI=1S/C9H12ClN5S/c1-5(16-2)3-11-7-6-4-12-15-8(6)14-9(10)13-7/h4-5H,3H2,1-2H3,(H2,11,12,13,14,15). The molecule has 0 aromatic carbocycles. The molecule has 2 heterocycles. The van der Waals surface area contributed by atoms with Crippen LogP contribution in [0.25, 0.3) is 11.0 Å². The predicted octanol–water partition coefficient (Wildman–Crippen LogP) is 2.17. The number of thioether (sulfide) groups is 1. The maximum Gasteiger partial charge on any atom is 0.226 e. The van der Waals surface area contributed by atoms with Crippen LogP contribution in [0.5, 0.6) is 0 Å². The van der Waals surface area contributed by atoms with Crippen molar-refractivity contribution in [2.45, 2.75) is 12.2 Å². The lowest BCUT2D eigenvalue weighted by atomic mass is 10.4. The summed E-state index contributed by atoms with van der Waals surface area (Å²) in [5.41, 5.74) is 0.652. The van der Waals surface area contributed by atoms with Crippen molar-refractivity contribution < 1.29 is 0 Å². The smallest absolute Gasteiger partial charge is 0.226 e. The van der Waals surface area contributed by atoms with Crippen LogP contribution in [-0.4, -0.2) is 38.2 Å². The third kappa shape index (κ3) is 2.38. The summed E-state index contributed by atoms with van der Waals surface area (Å²) in [4.78, 5) is 8.19. The Hall–Kier alpha value is -1.01. The molecule has 16 heavy (non-hydrogen) atoms. The van der Waals surface area contributed by atoms with Gasteiger partial charge in [-0.3, -0.25) is 5.10 Å². The van der Waals surface area contributed by atoms with Crippen molar-refractivity contribution in [3.05, 3.63) is 11.5 Å². The monoisotopic (exact) mass is 257 g/mol. The molecule has 2 rings (SSSR count). The highest BCUT2D eigenvalue weighted by Crippen LogP contribution is 2.20. The number of nitrogens with one attached hydrogen (secondary N) is 2. The molecule has 2 N–H and O–H groups in total. The number of aromatic amines is 1. The van der Waals surface area contributed by atoms with E-state index in [4.69, 9.17) is 11.6 Å². The Balaban J connectivity index is 2.25. The summed E-state index contributed by atoms with van der Waals surface area (Å²) in [6.07, 6.45) is 3.77. The lowest BCUT2D eigenvalue weighted by Crippen LogP contribution is -2.13. The van der Waals surface area contributed by atoms with Crippen molar-refractivity contribution >= 4 is 40.2 Å². The van der Waals surface area contributed by atoms with Gasteiger partial charge in [-0.1, -0.05) is 6.92 Å². The number of H-pyrrole nitrogens is 1. The van der Waals surface area contributed by atoms with Gasteiger partial charge in [-0.25, -0.2) is 0 Å². The van der Waals surface area contributed by atoms with Crippen molar-refractivity contribution in [1.29, 1.82) is 0 Å². The van der Waals surface area contributed by atoms with E-state index in [1.165, 1.54) is 0 Å². The van der Waals surface area contributed by atoms with Gasteiger partial charge < -0.3 is 5.32 Å². The molecule has 0 fully saturated rings. The second-order valence-electron chi connectivity index (χ2n) is 3.40. The molecule has 0 radical (unpaired) electrons. The Morgan fingerprint density at radius 2 is 2.38 bits per heavy atom. The molecule has 2 aromatic heterocycles. The Bertz CT molecular complexity index is 486. The van der Waals surface area contributed by atoms with Crippen LogP contribution in [0.2, 0.25) is 5.28 Å². The maximum atomic E-state index is 5.81. The zero-order valence-corrected chi connectivity index (χ0v) is 10.6. The maximum absolute atomic E-state index is 5.81.